The smallest absolute Gasteiger partial charge is 0.0762 e. The van der Waals surface area contributed by atoms with Gasteiger partial charge in [-0.1, -0.05) is 24.5 Å². The normalized spacial score (nSPS) is 21.6. The number of rotatable bonds is 3. The van der Waals surface area contributed by atoms with Crippen molar-refractivity contribution < 1.29 is 0 Å². The van der Waals surface area contributed by atoms with Crippen LogP contribution in [0.1, 0.15) is 72.7 Å². The Morgan fingerprint density at radius 1 is 1.00 bits per heavy atom. The van der Waals surface area contributed by atoms with Crippen LogP contribution in [0.5, 0.6) is 0 Å². The number of hydrogen-bond donors (Lipinski definition) is 2. The van der Waals surface area contributed by atoms with Gasteiger partial charge in [-0.25, -0.2) is 5.43 Å². The first-order valence-corrected chi connectivity index (χ1v) is 8.96. The van der Waals surface area contributed by atoms with Gasteiger partial charge in [-0.3, -0.25) is 5.84 Å². The van der Waals surface area contributed by atoms with E-state index in [1.807, 2.05) is 11.3 Å². The van der Waals surface area contributed by atoms with Crippen molar-refractivity contribution >= 4 is 11.3 Å². The van der Waals surface area contributed by atoms with Crippen LogP contribution in [0.4, 0.5) is 0 Å². The number of hydrogen-bond acceptors (Lipinski definition) is 3. The maximum atomic E-state index is 5.89. The fraction of sp³-hybridized carbons (Fsp3) is 0.647. The first kappa shape index (κ1) is 14.3. The minimum Gasteiger partial charge on any atom is -0.271 e. The van der Waals surface area contributed by atoms with Gasteiger partial charge < -0.3 is 0 Å². The van der Waals surface area contributed by atoms with Crippen molar-refractivity contribution in [3.8, 4) is 0 Å². The predicted molar refractivity (Wildman–Crippen MR) is 86.8 cm³/mol. The highest BCUT2D eigenvalue weighted by molar-refractivity contribution is 7.12. The Kier molecular flexibility index (Phi) is 4.92. The first-order valence-electron chi connectivity index (χ1n) is 8.15. The Morgan fingerprint density at radius 2 is 1.80 bits per heavy atom. The summed E-state index contributed by atoms with van der Waals surface area (Å²) < 4.78 is 0. The first-order chi connectivity index (χ1) is 9.88. The van der Waals surface area contributed by atoms with Crippen molar-refractivity contribution in [3.05, 3.63) is 33.0 Å². The summed E-state index contributed by atoms with van der Waals surface area (Å²) in [4.78, 5) is 3.06. The van der Waals surface area contributed by atoms with E-state index in [1.54, 1.807) is 10.4 Å². The molecule has 1 aromatic heterocycles. The van der Waals surface area contributed by atoms with Crippen LogP contribution in [-0.2, 0) is 12.8 Å². The minimum atomic E-state index is 0.255. The fourth-order valence-corrected chi connectivity index (χ4v) is 4.87. The van der Waals surface area contributed by atoms with Gasteiger partial charge >= 0.3 is 0 Å². The summed E-state index contributed by atoms with van der Waals surface area (Å²) >= 11 is 2.00. The summed E-state index contributed by atoms with van der Waals surface area (Å²) in [6.45, 7) is 0. The molecule has 0 aromatic carbocycles. The second kappa shape index (κ2) is 6.88. The molecule has 3 rings (SSSR count). The minimum absolute atomic E-state index is 0.255. The van der Waals surface area contributed by atoms with Crippen LogP contribution in [0.2, 0.25) is 0 Å². The van der Waals surface area contributed by atoms with Gasteiger partial charge in [0.25, 0.3) is 0 Å². The zero-order chi connectivity index (χ0) is 13.8. The summed E-state index contributed by atoms with van der Waals surface area (Å²) in [5.74, 6) is 5.89. The number of fused-ring (bicyclic) bond motifs is 1. The van der Waals surface area contributed by atoms with Gasteiger partial charge in [0.15, 0.2) is 0 Å². The van der Waals surface area contributed by atoms with Gasteiger partial charge in [-0.15, -0.1) is 11.3 Å². The quantitative estimate of drug-likeness (QED) is 0.374. The van der Waals surface area contributed by atoms with Crippen LogP contribution in [0.25, 0.3) is 0 Å². The maximum Gasteiger partial charge on any atom is 0.0762 e. The highest BCUT2D eigenvalue weighted by Gasteiger charge is 2.21. The molecule has 110 valence electrons. The Bertz CT molecular complexity index is 452. The van der Waals surface area contributed by atoms with Crippen LogP contribution in [-0.4, -0.2) is 0 Å². The average molecular weight is 290 g/mol. The lowest BCUT2D eigenvalue weighted by molar-refractivity contribution is 0.600. The number of allylic oxidation sites excluding steroid dienone is 1. The third-order valence-electron chi connectivity index (χ3n) is 4.66. The monoisotopic (exact) mass is 290 g/mol. The maximum absolute atomic E-state index is 5.89. The predicted octanol–water partition coefficient (Wildman–Crippen LogP) is 4.41. The fourth-order valence-electron chi connectivity index (χ4n) is 3.51. The van der Waals surface area contributed by atoms with Gasteiger partial charge in [-0.05, 0) is 63.0 Å². The molecular formula is C17H26N2S. The van der Waals surface area contributed by atoms with Crippen molar-refractivity contribution in [1.29, 1.82) is 0 Å². The molecule has 1 unspecified atom stereocenters. The molecule has 0 bridgehead atoms. The molecule has 0 saturated carbocycles. The summed E-state index contributed by atoms with van der Waals surface area (Å²) in [5, 5.41) is 0. The lowest BCUT2D eigenvalue weighted by Crippen LogP contribution is -2.28. The number of thiophene rings is 1. The largest absolute Gasteiger partial charge is 0.271 e. The Balaban J connectivity index is 1.83. The van der Waals surface area contributed by atoms with Crippen molar-refractivity contribution in [1.82, 2.24) is 5.43 Å². The van der Waals surface area contributed by atoms with Gasteiger partial charge in [0.05, 0.1) is 6.04 Å². The molecular weight excluding hydrogens is 264 g/mol. The summed E-state index contributed by atoms with van der Waals surface area (Å²) in [6.07, 6.45) is 15.5. The van der Waals surface area contributed by atoms with Gasteiger partial charge in [-0.2, -0.15) is 0 Å². The topological polar surface area (TPSA) is 38.0 Å². The zero-order valence-corrected chi connectivity index (χ0v) is 13.1. The van der Waals surface area contributed by atoms with Crippen LogP contribution in [0, 0.1) is 0 Å². The van der Waals surface area contributed by atoms with Gasteiger partial charge in [0, 0.05) is 9.75 Å². The van der Waals surface area contributed by atoms with Crippen molar-refractivity contribution in [2.75, 3.05) is 0 Å². The van der Waals surface area contributed by atoms with E-state index < -0.39 is 0 Å². The van der Waals surface area contributed by atoms with E-state index in [0.29, 0.717) is 0 Å². The highest BCUT2D eigenvalue weighted by atomic mass is 32.1. The van der Waals surface area contributed by atoms with Crippen LogP contribution >= 0.6 is 11.3 Å². The number of nitrogens with one attached hydrogen (secondary N) is 1. The Labute approximate surface area is 126 Å². The third kappa shape index (κ3) is 3.16. The average Bonchev–Trinajstić information content (AvgIpc) is 2.66. The van der Waals surface area contributed by atoms with Gasteiger partial charge in [0.1, 0.15) is 0 Å². The van der Waals surface area contributed by atoms with Crippen molar-refractivity contribution in [3.63, 3.8) is 0 Å². The molecule has 0 aliphatic heterocycles. The number of hydrazine groups is 1. The van der Waals surface area contributed by atoms with E-state index in [0.717, 1.165) is 0 Å². The van der Waals surface area contributed by atoms with Crippen molar-refractivity contribution in [2.45, 2.75) is 70.3 Å². The standard InChI is InChI=1S/C17H26N2S/c18-19-17(13-8-4-1-2-5-9-13)16-12-14-10-6-3-7-11-15(14)20-16/h8,12,17,19H,1-7,9-11,18H2. The van der Waals surface area contributed by atoms with E-state index in [1.165, 1.54) is 74.7 Å². The molecule has 0 radical (unpaired) electrons. The van der Waals surface area contributed by atoms with Crippen LogP contribution in [0.3, 0.4) is 0 Å². The van der Waals surface area contributed by atoms with Crippen LogP contribution < -0.4 is 11.3 Å². The second-order valence-electron chi connectivity index (χ2n) is 6.14. The molecule has 3 N–H and O–H groups in total. The highest BCUT2D eigenvalue weighted by Crippen LogP contribution is 2.36. The molecule has 1 aromatic rings. The summed E-state index contributed by atoms with van der Waals surface area (Å²) in [5.41, 5.74) is 6.19. The van der Waals surface area contributed by atoms with Crippen molar-refractivity contribution in [2.24, 2.45) is 5.84 Å². The lowest BCUT2D eigenvalue weighted by Gasteiger charge is -2.18. The Hall–Kier alpha value is -0.640. The third-order valence-corrected chi connectivity index (χ3v) is 5.97. The summed E-state index contributed by atoms with van der Waals surface area (Å²) in [6, 6.07) is 2.69. The molecule has 2 aliphatic rings. The summed E-state index contributed by atoms with van der Waals surface area (Å²) in [7, 11) is 0. The SMILES string of the molecule is NNC(C1=CCCCCC1)c1cc2c(s1)CCCCC2. The van der Waals surface area contributed by atoms with E-state index in [4.69, 9.17) is 5.84 Å². The molecule has 2 aliphatic carbocycles. The van der Waals surface area contributed by atoms with Gasteiger partial charge in [0.2, 0.25) is 0 Å². The number of aryl methyl sites for hydroxylation is 2. The van der Waals surface area contributed by atoms with E-state index in [-0.39, 0.29) is 6.04 Å². The van der Waals surface area contributed by atoms with Crippen LogP contribution in [0.15, 0.2) is 17.7 Å². The number of nitrogens with two attached hydrogens (primary N) is 1. The van der Waals surface area contributed by atoms with E-state index in [9.17, 15) is 0 Å². The molecule has 20 heavy (non-hydrogen) atoms. The zero-order valence-electron chi connectivity index (χ0n) is 12.3. The molecule has 3 heteroatoms. The Morgan fingerprint density at radius 3 is 2.70 bits per heavy atom. The van der Waals surface area contributed by atoms with E-state index >= 15 is 0 Å². The molecule has 0 spiro atoms. The molecule has 1 atom stereocenters. The lowest BCUT2D eigenvalue weighted by atomic mass is 10.00. The second-order valence-corrected chi connectivity index (χ2v) is 7.30. The molecule has 0 saturated heterocycles. The molecule has 0 fully saturated rings. The molecule has 1 heterocycles. The van der Waals surface area contributed by atoms with E-state index in [2.05, 4.69) is 17.6 Å². The molecule has 2 nitrogen and oxygen atoms in total. The molecule has 0 amide bonds.